The maximum absolute atomic E-state index is 5.88. The molecule has 6 heteroatoms. The third-order valence-electron chi connectivity index (χ3n) is 5.83. The predicted octanol–water partition coefficient (Wildman–Crippen LogP) is 3.86. The zero-order valence-electron chi connectivity index (χ0n) is 17.8. The van der Waals surface area contributed by atoms with Crippen LogP contribution in [0.15, 0.2) is 29.3 Å². The van der Waals surface area contributed by atoms with Crippen LogP contribution in [0.1, 0.15) is 39.7 Å². The van der Waals surface area contributed by atoms with E-state index in [9.17, 15) is 0 Å². The van der Waals surface area contributed by atoms with E-state index in [0.717, 1.165) is 44.3 Å². The van der Waals surface area contributed by atoms with Crippen molar-refractivity contribution in [2.24, 2.45) is 22.2 Å². The van der Waals surface area contributed by atoms with Gasteiger partial charge in [0.2, 0.25) is 0 Å². The molecule has 1 aliphatic heterocycles. The molecule has 3 unspecified atom stereocenters. The van der Waals surface area contributed by atoms with Crippen molar-refractivity contribution in [3.63, 3.8) is 0 Å². The molecule has 0 aromatic heterocycles. The van der Waals surface area contributed by atoms with Gasteiger partial charge in [-0.3, -0.25) is 4.99 Å². The van der Waals surface area contributed by atoms with Crippen molar-refractivity contribution in [2.45, 2.75) is 52.7 Å². The highest BCUT2D eigenvalue weighted by molar-refractivity contribution is 14.0. The van der Waals surface area contributed by atoms with Gasteiger partial charge in [-0.05, 0) is 36.5 Å². The van der Waals surface area contributed by atoms with Gasteiger partial charge >= 0.3 is 0 Å². The average Bonchev–Trinajstić information content (AvgIpc) is 3.11. The van der Waals surface area contributed by atoms with Gasteiger partial charge in [0.1, 0.15) is 5.75 Å². The van der Waals surface area contributed by atoms with Crippen LogP contribution in [0.25, 0.3) is 0 Å². The number of halogens is 1. The van der Waals surface area contributed by atoms with Crippen molar-refractivity contribution in [1.29, 1.82) is 0 Å². The minimum absolute atomic E-state index is 0. The summed E-state index contributed by atoms with van der Waals surface area (Å²) in [4.78, 5) is 4.41. The van der Waals surface area contributed by atoms with E-state index in [-0.39, 0.29) is 29.4 Å². The van der Waals surface area contributed by atoms with E-state index in [2.05, 4.69) is 67.6 Å². The molecule has 1 heterocycles. The van der Waals surface area contributed by atoms with Crippen molar-refractivity contribution >= 4 is 29.9 Å². The van der Waals surface area contributed by atoms with Gasteiger partial charge in [0.15, 0.2) is 5.96 Å². The van der Waals surface area contributed by atoms with Gasteiger partial charge in [0, 0.05) is 37.6 Å². The van der Waals surface area contributed by atoms with Crippen LogP contribution in [0, 0.1) is 17.3 Å². The molecule has 28 heavy (non-hydrogen) atoms. The van der Waals surface area contributed by atoms with E-state index >= 15 is 0 Å². The topological polar surface area (TPSA) is 54.9 Å². The van der Waals surface area contributed by atoms with Crippen molar-refractivity contribution in [2.75, 3.05) is 26.8 Å². The summed E-state index contributed by atoms with van der Waals surface area (Å²) in [5.74, 6) is 2.98. The summed E-state index contributed by atoms with van der Waals surface area (Å²) < 4.78 is 11.6. The summed E-state index contributed by atoms with van der Waals surface area (Å²) in [6, 6.07) is 8.82. The Labute approximate surface area is 187 Å². The number of guanidine groups is 1. The second-order valence-corrected chi connectivity index (χ2v) is 8.79. The Kier molecular flexibility index (Phi) is 8.43. The molecular formula is C22H36IN3O2. The molecule has 2 aliphatic rings. The first-order chi connectivity index (χ1) is 12.9. The normalized spacial score (nSPS) is 25.5. The van der Waals surface area contributed by atoms with E-state index in [1.165, 1.54) is 5.56 Å². The lowest BCUT2D eigenvalue weighted by Crippen LogP contribution is -2.68. The van der Waals surface area contributed by atoms with Gasteiger partial charge in [-0.15, -0.1) is 24.0 Å². The van der Waals surface area contributed by atoms with Crippen LogP contribution in [0.5, 0.6) is 5.75 Å². The highest BCUT2D eigenvalue weighted by Crippen LogP contribution is 2.52. The van der Waals surface area contributed by atoms with Gasteiger partial charge in [-0.1, -0.05) is 39.8 Å². The molecule has 0 bridgehead atoms. The number of nitrogens with zero attached hydrogens (tertiary/aromatic N) is 1. The van der Waals surface area contributed by atoms with E-state index in [1.54, 1.807) is 0 Å². The average molecular weight is 501 g/mol. The second-order valence-electron chi connectivity index (χ2n) is 8.79. The summed E-state index contributed by atoms with van der Waals surface area (Å²) in [7, 11) is 1.84. The molecule has 5 nitrogen and oxygen atoms in total. The van der Waals surface area contributed by atoms with Gasteiger partial charge < -0.3 is 20.1 Å². The van der Waals surface area contributed by atoms with Crippen LogP contribution < -0.4 is 15.4 Å². The minimum Gasteiger partial charge on any atom is -0.493 e. The molecule has 2 N–H and O–H groups in total. The molecule has 158 valence electrons. The fraction of sp³-hybridized carbons (Fsp3) is 0.682. The number of ether oxygens (including phenoxy) is 2. The van der Waals surface area contributed by atoms with Gasteiger partial charge in [-0.2, -0.15) is 0 Å². The van der Waals surface area contributed by atoms with Crippen LogP contribution in [-0.4, -0.2) is 44.9 Å². The van der Waals surface area contributed by atoms with Crippen LogP contribution in [0.3, 0.4) is 0 Å². The second kappa shape index (κ2) is 10.1. The largest absolute Gasteiger partial charge is 0.493 e. The standard InChI is InChI=1S/C22H35N3O2.HI/c1-15(2)14-27-17-8-6-16(7-9-17)10-12-24-21(23-5)25-19-18-11-13-26-20(18)22(19,3)4;/h6-9,15,18-20H,10-14H2,1-5H3,(H2,23,24,25);1H. The first-order valence-corrected chi connectivity index (χ1v) is 10.2. The van der Waals surface area contributed by atoms with E-state index in [1.807, 2.05) is 7.05 Å². The maximum Gasteiger partial charge on any atom is 0.191 e. The van der Waals surface area contributed by atoms with Gasteiger partial charge in [-0.25, -0.2) is 0 Å². The Morgan fingerprint density at radius 2 is 2.00 bits per heavy atom. The Morgan fingerprint density at radius 3 is 2.64 bits per heavy atom. The summed E-state index contributed by atoms with van der Waals surface area (Å²) in [6.07, 6.45) is 2.49. The molecular weight excluding hydrogens is 465 g/mol. The minimum atomic E-state index is 0. The van der Waals surface area contributed by atoms with Crippen LogP contribution in [-0.2, 0) is 11.2 Å². The number of nitrogens with one attached hydrogen (secondary N) is 2. The smallest absolute Gasteiger partial charge is 0.191 e. The summed E-state index contributed by atoms with van der Waals surface area (Å²) in [5, 5.41) is 7.08. The number of hydrogen-bond acceptors (Lipinski definition) is 3. The molecule has 1 saturated carbocycles. The Bertz CT molecular complexity index is 646. The van der Waals surface area contributed by atoms with Crippen molar-refractivity contribution in [3.05, 3.63) is 29.8 Å². The fourth-order valence-corrected chi connectivity index (χ4v) is 4.30. The third-order valence-corrected chi connectivity index (χ3v) is 5.83. The fourth-order valence-electron chi connectivity index (χ4n) is 4.30. The zero-order valence-corrected chi connectivity index (χ0v) is 20.2. The number of fused-ring (bicyclic) bond motifs is 1. The number of benzene rings is 1. The first kappa shape index (κ1) is 23.3. The van der Waals surface area contributed by atoms with Crippen molar-refractivity contribution in [3.8, 4) is 5.75 Å². The molecule has 1 saturated heterocycles. The first-order valence-electron chi connectivity index (χ1n) is 10.2. The molecule has 0 amide bonds. The molecule has 1 aliphatic carbocycles. The Balaban J connectivity index is 0.00000280. The SMILES string of the molecule is CN=C(NCCc1ccc(OCC(C)C)cc1)NC1C2CCOC2C1(C)C.I. The molecule has 3 atom stereocenters. The molecule has 2 fully saturated rings. The quantitative estimate of drug-likeness (QED) is 0.339. The molecule has 1 aromatic carbocycles. The lowest BCUT2D eigenvalue weighted by atomic mass is 9.57. The Morgan fingerprint density at radius 1 is 1.29 bits per heavy atom. The van der Waals surface area contributed by atoms with E-state index in [0.29, 0.717) is 24.0 Å². The van der Waals surface area contributed by atoms with E-state index < -0.39 is 0 Å². The maximum atomic E-state index is 5.88. The van der Waals surface area contributed by atoms with Crippen LogP contribution in [0.4, 0.5) is 0 Å². The third kappa shape index (κ3) is 5.32. The molecule has 0 radical (unpaired) electrons. The van der Waals surface area contributed by atoms with Crippen molar-refractivity contribution < 1.29 is 9.47 Å². The van der Waals surface area contributed by atoms with Crippen molar-refractivity contribution in [1.82, 2.24) is 10.6 Å². The summed E-state index contributed by atoms with van der Waals surface area (Å²) >= 11 is 0. The molecule has 0 spiro atoms. The van der Waals surface area contributed by atoms with Crippen LogP contribution in [0.2, 0.25) is 0 Å². The summed E-state index contributed by atoms with van der Waals surface area (Å²) in [5.41, 5.74) is 1.45. The number of rotatable bonds is 7. The lowest BCUT2D eigenvalue weighted by molar-refractivity contribution is -0.106. The van der Waals surface area contributed by atoms with E-state index in [4.69, 9.17) is 9.47 Å². The van der Waals surface area contributed by atoms with Crippen LogP contribution >= 0.6 is 24.0 Å². The molecule has 3 rings (SSSR count). The molecule has 1 aromatic rings. The zero-order chi connectivity index (χ0) is 19.4. The number of aliphatic imine (C=N–C) groups is 1. The summed E-state index contributed by atoms with van der Waals surface area (Å²) in [6.45, 7) is 11.4. The van der Waals surface area contributed by atoms with Gasteiger partial charge in [0.05, 0.1) is 12.7 Å². The highest BCUT2D eigenvalue weighted by atomic mass is 127. The van der Waals surface area contributed by atoms with Gasteiger partial charge in [0.25, 0.3) is 0 Å². The lowest BCUT2D eigenvalue weighted by Gasteiger charge is -2.54. The number of hydrogen-bond donors (Lipinski definition) is 2. The Hall–Kier alpha value is -1.02. The predicted molar refractivity (Wildman–Crippen MR) is 126 cm³/mol. The highest BCUT2D eigenvalue weighted by Gasteiger charge is 2.59. The monoisotopic (exact) mass is 501 g/mol.